The molecule has 0 bridgehead atoms. The lowest BCUT2D eigenvalue weighted by Gasteiger charge is -2.07. The van der Waals surface area contributed by atoms with Gasteiger partial charge in [0.1, 0.15) is 0 Å². The molecule has 1 amide bonds. The number of hydrogen-bond acceptors (Lipinski definition) is 4. The topological polar surface area (TPSA) is 81.8 Å². The van der Waals surface area contributed by atoms with Crippen LogP contribution in [0, 0.1) is 20.8 Å². The molecule has 0 aliphatic rings. The van der Waals surface area contributed by atoms with Crippen LogP contribution < -0.4 is 10.9 Å². The second-order valence-electron chi connectivity index (χ2n) is 7.48. The Bertz CT molecular complexity index is 1060. The summed E-state index contributed by atoms with van der Waals surface area (Å²) in [5.74, 6) is 0.0174. The van der Waals surface area contributed by atoms with E-state index in [1.807, 2.05) is 45.0 Å². The first kappa shape index (κ1) is 20.8. The highest BCUT2D eigenvalue weighted by Gasteiger charge is 2.17. The maximum atomic E-state index is 12.9. The van der Waals surface area contributed by atoms with E-state index in [2.05, 4.69) is 22.4 Å². The van der Waals surface area contributed by atoms with E-state index in [9.17, 15) is 9.59 Å². The highest BCUT2D eigenvalue weighted by atomic mass is 16.1. The predicted molar refractivity (Wildman–Crippen MR) is 114 cm³/mol. The average Bonchev–Trinajstić information content (AvgIpc) is 3.04. The number of nitrogens with one attached hydrogen (secondary N) is 1. The Morgan fingerprint density at radius 1 is 1.07 bits per heavy atom. The largest absolute Gasteiger partial charge is 0.356 e. The van der Waals surface area contributed by atoms with Crippen molar-refractivity contribution in [2.75, 3.05) is 6.54 Å². The highest BCUT2D eigenvalue weighted by Crippen LogP contribution is 2.21. The van der Waals surface area contributed by atoms with Crippen molar-refractivity contribution in [2.24, 2.45) is 0 Å². The molecule has 154 valence electrons. The van der Waals surface area contributed by atoms with E-state index in [0.29, 0.717) is 31.4 Å². The van der Waals surface area contributed by atoms with Crippen molar-refractivity contribution < 1.29 is 4.79 Å². The number of hydrogen-bond donors (Lipinski definition) is 1. The summed E-state index contributed by atoms with van der Waals surface area (Å²) < 4.78 is 3.23. The van der Waals surface area contributed by atoms with E-state index in [4.69, 9.17) is 0 Å². The number of fused-ring (bicyclic) bond motifs is 1. The molecule has 0 fully saturated rings. The van der Waals surface area contributed by atoms with Gasteiger partial charge in [-0.25, -0.2) is 9.36 Å². The van der Waals surface area contributed by atoms with Crippen LogP contribution in [0.25, 0.3) is 16.6 Å². The Labute approximate surface area is 170 Å². The minimum absolute atomic E-state index is 0.0174. The molecule has 1 aromatic carbocycles. The molecule has 2 aromatic heterocycles. The summed E-state index contributed by atoms with van der Waals surface area (Å²) in [6, 6.07) is 8.03. The zero-order valence-corrected chi connectivity index (χ0v) is 17.7. The normalized spacial score (nSPS) is 11.2. The first-order valence-electron chi connectivity index (χ1n) is 10.2. The number of nitrogens with zero attached hydrogens (tertiary/aromatic N) is 4. The average molecular weight is 396 g/mol. The SMILES string of the molecule is CCCCNC(=O)CCCn1nc(C)c2c(C)n(-c3ccc(C)cc3)nc2c1=O. The molecule has 3 rings (SSSR count). The van der Waals surface area contributed by atoms with E-state index in [0.717, 1.165) is 35.3 Å². The van der Waals surface area contributed by atoms with Crippen molar-refractivity contribution in [1.82, 2.24) is 24.9 Å². The Balaban J connectivity index is 1.82. The smallest absolute Gasteiger partial charge is 0.295 e. The number of amides is 1. The molecule has 0 saturated heterocycles. The number of aryl methyl sites for hydroxylation is 4. The number of aromatic nitrogens is 4. The van der Waals surface area contributed by atoms with Crippen LogP contribution in [0.1, 0.15) is 49.6 Å². The van der Waals surface area contributed by atoms with Crippen LogP contribution in [0.2, 0.25) is 0 Å². The summed E-state index contributed by atoms with van der Waals surface area (Å²) in [4.78, 5) is 24.8. The van der Waals surface area contributed by atoms with E-state index >= 15 is 0 Å². The summed E-state index contributed by atoms with van der Waals surface area (Å²) in [6.45, 7) is 9.07. The van der Waals surface area contributed by atoms with Crippen LogP contribution in [0.3, 0.4) is 0 Å². The van der Waals surface area contributed by atoms with Crippen LogP contribution in [-0.4, -0.2) is 32.0 Å². The minimum atomic E-state index is -0.217. The molecule has 7 nitrogen and oxygen atoms in total. The summed E-state index contributed by atoms with van der Waals surface area (Å²) in [5.41, 5.74) is 3.95. The number of carbonyl (C=O) groups excluding carboxylic acids is 1. The Hall–Kier alpha value is -2.96. The molecular weight excluding hydrogens is 366 g/mol. The summed E-state index contributed by atoms with van der Waals surface area (Å²) in [5, 5.41) is 12.8. The van der Waals surface area contributed by atoms with Gasteiger partial charge in [0.25, 0.3) is 5.56 Å². The summed E-state index contributed by atoms with van der Waals surface area (Å²) in [6.07, 6.45) is 2.97. The maximum Gasteiger partial charge on any atom is 0.295 e. The number of rotatable bonds is 8. The third-order valence-electron chi connectivity index (χ3n) is 5.09. The van der Waals surface area contributed by atoms with Gasteiger partial charge in [-0.15, -0.1) is 0 Å². The fourth-order valence-electron chi connectivity index (χ4n) is 3.46. The van der Waals surface area contributed by atoms with Gasteiger partial charge in [-0.05, 0) is 45.7 Å². The van der Waals surface area contributed by atoms with Gasteiger partial charge < -0.3 is 5.32 Å². The summed E-state index contributed by atoms with van der Waals surface area (Å²) >= 11 is 0. The van der Waals surface area contributed by atoms with Crippen molar-refractivity contribution >= 4 is 16.8 Å². The van der Waals surface area contributed by atoms with Crippen LogP contribution in [0.15, 0.2) is 29.1 Å². The van der Waals surface area contributed by atoms with Crippen LogP contribution in [0.5, 0.6) is 0 Å². The first-order chi connectivity index (χ1) is 13.9. The molecule has 0 saturated carbocycles. The quantitative estimate of drug-likeness (QED) is 0.594. The van der Waals surface area contributed by atoms with E-state index < -0.39 is 0 Å². The molecule has 0 radical (unpaired) electrons. The lowest BCUT2D eigenvalue weighted by molar-refractivity contribution is -0.121. The predicted octanol–water partition coefficient (Wildman–Crippen LogP) is 3.20. The fourth-order valence-corrected chi connectivity index (χ4v) is 3.46. The van der Waals surface area contributed by atoms with Crippen molar-refractivity contribution in [3.63, 3.8) is 0 Å². The van der Waals surface area contributed by atoms with Gasteiger partial charge in [0.15, 0.2) is 5.52 Å². The number of carbonyl (C=O) groups is 1. The van der Waals surface area contributed by atoms with E-state index in [1.165, 1.54) is 10.2 Å². The van der Waals surface area contributed by atoms with Gasteiger partial charge in [0.05, 0.1) is 22.5 Å². The zero-order valence-electron chi connectivity index (χ0n) is 17.7. The van der Waals surface area contributed by atoms with Crippen LogP contribution in [0.4, 0.5) is 0 Å². The summed E-state index contributed by atoms with van der Waals surface area (Å²) in [7, 11) is 0. The molecule has 7 heteroatoms. The molecule has 0 spiro atoms. The molecule has 2 heterocycles. The van der Waals surface area contributed by atoms with Crippen molar-refractivity contribution in [2.45, 2.75) is 59.9 Å². The fraction of sp³-hybridized carbons (Fsp3) is 0.455. The van der Waals surface area contributed by atoms with Crippen LogP contribution in [-0.2, 0) is 11.3 Å². The molecule has 29 heavy (non-hydrogen) atoms. The van der Waals surface area contributed by atoms with Gasteiger partial charge in [-0.2, -0.15) is 10.2 Å². The lowest BCUT2D eigenvalue weighted by Crippen LogP contribution is -2.27. The Morgan fingerprint density at radius 3 is 2.48 bits per heavy atom. The minimum Gasteiger partial charge on any atom is -0.356 e. The standard InChI is InChI=1S/C22H29N5O2/c1-5-6-13-23-19(28)8-7-14-26-22(29)21-20(16(3)24-26)17(4)27(25-21)18-11-9-15(2)10-12-18/h9-12H,5-8,13-14H2,1-4H3,(H,23,28). The van der Waals surface area contributed by atoms with Crippen molar-refractivity contribution in [3.05, 3.63) is 51.6 Å². The third kappa shape index (κ3) is 4.55. The second kappa shape index (κ2) is 9.03. The molecular formula is C22H29N5O2. The van der Waals surface area contributed by atoms with Crippen molar-refractivity contribution in [1.29, 1.82) is 0 Å². The molecule has 0 aliphatic carbocycles. The Morgan fingerprint density at radius 2 is 1.79 bits per heavy atom. The van der Waals surface area contributed by atoms with Gasteiger partial charge in [-0.1, -0.05) is 31.0 Å². The molecule has 3 aromatic rings. The Kier molecular flexibility index (Phi) is 6.46. The molecule has 0 atom stereocenters. The van der Waals surface area contributed by atoms with E-state index in [1.54, 1.807) is 4.68 Å². The highest BCUT2D eigenvalue weighted by molar-refractivity contribution is 5.83. The van der Waals surface area contributed by atoms with Gasteiger partial charge in [0, 0.05) is 19.5 Å². The third-order valence-corrected chi connectivity index (χ3v) is 5.09. The van der Waals surface area contributed by atoms with Gasteiger partial charge in [-0.3, -0.25) is 9.59 Å². The molecule has 0 unspecified atom stereocenters. The monoisotopic (exact) mass is 395 g/mol. The number of unbranched alkanes of at least 4 members (excludes halogenated alkanes) is 1. The first-order valence-corrected chi connectivity index (χ1v) is 10.2. The van der Waals surface area contributed by atoms with Gasteiger partial charge >= 0.3 is 0 Å². The lowest BCUT2D eigenvalue weighted by atomic mass is 10.2. The van der Waals surface area contributed by atoms with Crippen LogP contribution >= 0.6 is 0 Å². The molecule has 1 N–H and O–H groups in total. The van der Waals surface area contributed by atoms with E-state index in [-0.39, 0.29) is 11.5 Å². The maximum absolute atomic E-state index is 12.9. The second-order valence-corrected chi connectivity index (χ2v) is 7.48. The zero-order chi connectivity index (χ0) is 21.0. The van der Waals surface area contributed by atoms with Gasteiger partial charge in [0.2, 0.25) is 5.91 Å². The molecule has 0 aliphatic heterocycles. The number of benzene rings is 1. The van der Waals surface area contributed by atoms with Crippen molar-refractivity contribution in [3.8, 4) is 5.69 Å².